The van der Waals surface area contributed by atoms with Gasteiger partial charge in [0.05, 0.1) is 0 Å². The Labute approximate surface area is 144 Å². The predicted octanol–water partition coefficient (Wildman–Crippen LogP) is 3.69. The van der Waals surface area contributed by atoms with Gasteiger partial charge in [0.1, 0.15) is 5.78 Å². The van der Waals surface area contributed by atoms with Crippen LogP contribution in [-0.4, -0.2) is 22.6 Å². The van der Waals surface area contributed by atoms with Crippen molar-refractivity contribution in [2.24, 2.45) is 17.3 Å². The molecule has 0 saturated carbocycles. The van der Waals surface area contributed by atoms with Crippen molar-refractivity contribution >= 4 is 11.8 Å². The first-order valence-electron chi connectivity index (χ1n) is 9.00. The van der Waals surface area contributed by atoms with Crippen LogP contribution in [0.25, 0.3) is 0 Å². The molecule has 0 amide bonds. The topological polar surface area (TPSA) is 63.6 Å². The van der Waals surface area contributed by atoms with Crippen LogP contribution in [0, 0.1) is 17.3 Å². The molecule has 0 unspecified atom stereocenters. The van der Waals surface area contributed by atoms with E-state index in [1.165, 1.54) is 0 Å². The van der Waals surface area contributed by atoms with Crippen molar-refractivity contribution in [1.29, 1.82) is 0 Å². The lowest BCUT2D eigenvalue weighted by Crippen LogP contribution is -2.43. The van der Waals surface area contributed by atoms with Gasteiger partial charge in [-0.1, -0.05) is 32.4 Å². The summed E-state index contributed by atoms with van der Waals surface area (Å²) < 4.78 is 5.47. The van der Waals surface area contributed by atoms with Crippen LogP contribution in [-0.2, 0) is 14.3 Å². The number of Topliss-reactive ketones (excluding diaryl/α,β-unsaturated/α-hetero) is 1. The highest BCUT2D eigenvalue weighted by molar-refractivity contribution is 5.93. The highest BCUT2D eigenvalue weighted by Gasteiger charge is 2.56. The van der Waals surface area contributed by atoms with Gasteiger partial charge < -0.3 is 9.84 Å². The van der Waals surface area contributed by atoms with E-state index in [9.17, 15) is 14.7 Å². The van der Waals surface area contributed by atoms with Crippen molar-refractivity contribution in [2.75, 3.05) is 0 Å². The average Bonchev–Trinajstić information content (AvgIpc) is 2.67. The van der Waals surface area contributed by atoms with Crippen molar-refractivity contribution in [3.63, 3.8) is 0 Å². The van der Waals surface area contributed by atoms with Crippen LogP contribution < -0.4 is 0 Å². The zero-order valence-electron chi connectivity index (χ0n) is 15.1. The number of hydrogen-bond acceptors (Lipinski definition) is 4. The van der Waals surface area contributed by atoms with E-state index < -0.39 is 5.79 Å². The SMILES string of the molecule is C/C1=C\C[C@@H]2CCC3=C(C2(C)C)[C@@](O)(C[C@H](C)CC(=O)C1)OC3=O. The lowest BCUT2D eigenvalue weighted by Gasteiger charge is -2.43. The molecule has 0 spiro atoms. The molecule has 2 bridgehead atoms. The Hall–Kier alpha value is -1.42. The molecule has 0 saturated heterocycles. The highest BCUT2D eigenvalue weighted by atomic mass is 16.7. The average molecular weight is 332 g/mol. The highest BCUT2D eigenvalue weighted by Crippen LogP contribution is 2.55. The van der Waals surface area contributed by atoms with E-state index in [-0.39, 0.29) is 23.1 Å². The number of rotatable bonds is 0. The summed E-state index contributed by atoms with van der Waals surface area (Å²) in [7, 11) is 0. The Kier molecular flexibility index (Phi) is 4.23. The van der Waals surface area contributed by atoms with E-state index in [1.54, 1.807) is 0 Å². The third kappa shape index (κ3) is 2.85. The van der Waals surface area contributed by atoms with Gasteiger partial charge in [0.2, 0.25) is 5.79 Å². The molecule has 3 aliphatic rings. The monoisotopic (exact) mass is 332 g/mol. The quantitative estimate of drug-likeness (QED) is 0.543. The molecule has 24 heavy (non-hydrogen) atoms. The second-order valence-corrected chi connectivity index (χ2v) is 8.50. The first kappa shape index (κ1) is 17.4. The fourth-order valence-corrected chi connectivity index (χ4v) is 4.89. The van der Waals surface area contributed by atoms with Gasteiger partial charge in [-0.15, -0.1) is 0 Å². The zero-order chi connectivity index (χ0) is 17.7. The maximum atomic E-state index is 12.3. The molecular formula is C20H28O4. The lowest BCUT2D eigenvalue weighted by molar-refractivity contribution is -0.190. The van der Waals surface area contributed by atoms with E-state index in [0.29, 0.717) is 37.2 Å². The molecular weight excluding hydrogens is 304 g/mol. The van der Waals surface area contributed by atoms with Crippen molar-refractivity contribution in [3.8, 4) is 0 Å². The number of ketones is 1. The minimum atomic E-state index is -1.55. The van der Waals surface area contributed by atoms with Gasteiger partial charge in [-0.3, -0.25) is 4.79 Å². The molecule has 0 aromatic carbocycles. The van der Waals surface area contributed by atoms with Gasteiger partial charge in [-0.25, -0.2) is 4.79 Å². The summed E-state index contributed by atoms with van der Waals surface area (Å²) in [6.45, 7) is 8.20. The van der Waals surface area contributed by atoms with Crippen LogP contribution in [0.15, 0.2) is 22.8 Å². The maximum Gasteiger partial charge on any atom is 0.336 e. The fraction of sp³-hybridized carbons (Fsp3) is 0.700. The van der Waals surface area contributed by atoms with Crippen molar-refractivity contribution in [2.45, 2.75) is 72.0 Å². The van der Waals surface area contributed by atoms with Crippen LogP contribution in [0.2, 0.25) is 0 Å². The van der Waals surface area contributed by atoms with Crippen LogP contribution in [0.5, 0.6) is 0 Å². The summed E-state index contributed by atoms with van der Waals surface area (Å²) in [4.78, 5) is 24.6. The first-order valence-corrected chi connectivity index (χ1v) is 9.00. The minimum Gasteiger partial charge on any atom is -0.426 e. The Morgan fingerprint density at radius 2 is 2.00 bits per heavy atom. The number of carbonyl (C=O) groups excluding carboxylic acids is 2. The lowest BCUT2D eigenvalue weighted by atomic mass is 9.61. The summed E-state index contributed by atoms with van der Waals surface area (Å²) in [5.74, 6) is -1.45. The third-order valence-electron chi connectivity index (χ3n) is 6.04. The smallest absolute Gasteiger partial charge is 0.336 e. The van der Waals surface area contributed by atoms with Crippen molar-refractivity contribution in [3.05, 3.63) is 22.8 Å². The van der Waals surface area contributed by atoms with E-state index in [2.05, 4.69) is 19.9 Å². The maximum absolute atomic E-state index is 12.3. The molecule has 0 fully saturated rings. The van der Waals surface area contributed by atoms with E-state index in [4.69, 9.17) is 4.74 Å². The summed E-state index contributed by atoms with van der Waals surface area (Å²) in [5, 5.41) is 11.2. The van der Waals surface area contributed by atoms with Gasteiger partial charge in [0.25, 0.3) is 0 Å². The van der Waals surface area contributed by atoms with Crippen LogP contribution in [0.4, 0.5) is 0 Å². The van der Waals surface area contributed by atoms with E-state index >= 15 is 0 Å². The Morgan fingerprint density at radius 3 is 2.71 bits per heavy atom. The molecule has 1 N–H and O–H groups in total. The van der Waals surface area contributed by atoms with Gasteiger partial charge >= 0.3 is 5.97 Å². The number of fused-ring (bicyclic) bond motifs is 1. The number of esters is 1. The molecule has 3 atom stereocenters. The number of aliphatic hydroxyl groups is 1. The normalized spacial score (nSPS) is 38.8. The van der Waals surface area contributed by atoms with Gasteiger partial charge in [0.15, 0.2) is 0 Å². The molecule has 0 aromatic rings. The van der Waals surface area contributed by atoms with Gasteiger partial charge in [0, 0.05) is 30.4 Å². The first-order chi connectivity index (χ1) is 11.1. The molecule has 0 aromatic heterocycles. The van der Waals surface area contributed by atoms with Crippen molar-refractivity contribution in [1.82, 2.24) is 0 Å². The number of hydrogen-bond donors (Lipinski definition) is 1. The number of carbonyl (C=O) groups is 2. The molecule has 0 radical (unpaired) electrons. The van der Waals surface area contributed by atoms with E-state index in [0.717, 1.165) is 24.0 Å². The summed E-state index contributed by atoms with van der Waals surface area (Å²) >= 11 is 0. The molecule has 1 aliphatic heterocycles. The third-order valence-corrected chi connectivity index (χ3v) is 6.04. The van der Waals surface area contributed by atoms with Crippen molar-refractivity contribution < 1.29 is 19.4 Å². The van der Waals surface area contributed by atoms with Crippen LogP contribution >= 0.6 is 0 Å². The van der Waals surface area contributed by atoms with E-state index in [1.807, 2.05) is 13.8 Å². The van der Waals surface area contributed by atoms with Crippen LogP contribution in [0.1, 0.15) is 66.2 Å². The Balaban J connectivity index is 2.08. The largest absolute Gasteiger partial charge is 0.426 e. The zero-order valence-corrected chi connectivity index (χ0v) is 15.1. The molecule has 3 rings (SSSR count). The molecule has 2 aliphatic carbocycles. The second kappa shape index (κ2) is 5.83. The number of ether oxygens (including phenoxy) is 1. The Bertz CT molecular complexity index is 640. The standard InChI is InChI=1S/C20H28O4/c1-12-5-6-14-7-8-16-17(19(14,3)4)20(23,24-18(16)22)11-13(2)10-15(21)9-12/h5,13-14,23H,6-11H2,1-4H3/b12-5+/t13-,14-,20-/m1/s1. The summed E-state index contributed by atoms with van der Waals surface area (Å²) in [5.41, 5.74) is 2.25. The molecule has 132 valence electrons. The number of allylic oxidation sites excluding steroid dienone is 2. The summed E-state index contributed by atoms with van der Waals surface area (Å²) in [6.07, 6.45) is 5.78. The molecule has 4 heteroatoms. The minimum absolute atomic E-state index is 0.0365. The molecule has 1 heterocycles. The predicted molar refractivity (Wildman–Crippen MR) is 91.0 cm³/mol. The Morgan fingerprint density at radius 1 is 1.29 bits per heavy atom. The summed E-state index contributed by atoms with van der Waals surface area (Å²) in [6, 6.07) is 0. The second-order valence-electron chi connectivity index (χ2n) is 8.50. The van der Waals surface area contributed by atoms with Gasteiger partial charge in [-0.2, -0.15) is 0 Å². The van der Waals surface area contributed by atoms with Gasteiger partial charge in [-0.05, 0) is 43.4 Å². The fourth-order valence-electron chi connectivity index (χ4n) is 4.89. The molecule has 4 nitrogen and oxygen atoms in total. The van der Waals surface area contributed by atoms with Crippen LogP contribution in [0.3, 0.4) is 0 Å².